The van der Waals surface area contributed by atoms with Crippen molar-refractivity contribution >= 4 is 11.5 Å². The molecule has 2 heterocycles. The van der Waals surface area contributed by atoms with Crippen molar-refractivity contribution in [2.45, 2.75) is 26.8 Å². The number of nitrogens with zero attached hydrogens (tertiary/aromatic N) is 3. The molecular formula is C12H14N4O3. The van der Waals surface area contributed by atoms with E-state index in [1.54, 1.807) is 13.1 Å². The number of aromatic nitrogens is 2. The lowest BCUT2D eigenvalue weighted by atomic mass is 10.2. The van der Waals surface area contributed by atoms with E-state index in [-0.39, 0.29) is 5.69 Å². The van der Waals surface area contributed by atoms with E-state index < -0.39 is 4.92 Å². The van der Waals surface area contributed by atoms with Crippen LogP contribution in [0, 0.1) is 17.0 Å². The topological polar surface area (TPSA) is 94.1 Å². The third-order valence-corrected chi connectivity index (χ3v) is 2.63. The zero-order valence-electron chi connectivity index (χ0n) is 10.7. The van der Waals surface area contributed by atoms with Gasteiger partial charge in [-0.1, -0.05) is 6.92 Å². The Kier molecular flexibility index (Phi) is 3.74. The summed E-state index contributed by atoms with van der Waals surface area (Å²) in [6, 6.07) is 1.47. The monoisotopic (exact) mass is 262 g/mol. The Balaban J connectivity index is 2.05. The molecule has 7 heteroatoms. The van der Waals surface area contributed by atoms with Gasteiger partial charge in [-0.25, -0.2) is 9.97 Å². The molecule has 0 aliphatic heterocycles. The van der Waals surface area contributed by atoms with E-state index in [1.807, 2.05) is 6.92 Å². The molecule has 2 rings (SSSR count). The van der Waals surface area contributed by atoms with Gasteiger partial charge >= 0.3 is 0 Å². The summed E-state index contributed by atoms with van der Waals surface area (Å²) < 4.78 is 5.45. The minimum Gasteiger partial charge on any atom is -0.444 e. The number of pyridine rings is 1. The minimum atomic E-state index is -0.467. The fourth-order valence-electron chi connectivity index (χ4n) is 1.60. The van der Waals surface area contributed by atoms with E-state index in [1.165, 1.54) is 12.3 Å². The van der Waals surface area contributed by atoms with Crippen LogP contribution in [0.3, 0.4) is 0 Å². The largest absolute Gasteiger partial charge is 0.444 e. The number of hydrogen-bond acceptors (Lipinski definition) is 6. The van der Waals surface area contributed by atoms with Crippen molar-refractivity contribution in [1.82, 2.24) is 9.97 Å². The Bertz CT molecular complexity index is 594. The Morgan fingerprint density at radius 2 is 2.21 bits per heavy atom. The standard InChI is InChI=1S/C12H14N4O3/c1-3-10-6-13-11(19-10)7-15-12-8(2)4-9(5-14-12)16(17)18/h4-6H,3,7H2,1-2H3,(H,14,15). The van der Waals surface area contributed by atoms with Crippen LogP contribution < -0.4 is 5.32 Å². The molecule has 2 aromatic rings. The quantitative estimate of drug-likeness (QED) is 0.657. The lowest BCUT2D eigenvalue weighted by molar-refractivity contribution is -0.385. The molecule has 0 saturated heterocycles. The first kappa shape index (κ1) is 13.0. The van der Waals surface area contributed by atoms with E-state index in [9.17, 15) is 10.1 Å². The van der Waals surface area contributed by atoms with Crippen LogP contribution in [-0.2, 0) is 13.0 Å². The Morgan fingerprint density at radius 3 is 2.79 bits per heavy atom. The lowest BCUT2D eigenvalue weighted by Crippen LogP contribution is -2.04. The summed E-state index contributed by atoms with van der Waals surface area (Å²) in [6.07, 6.45) is 3.71. The third kappa shape index (κ3) is 3.06. The molecule has 1 N–H and O–H groups in total. The van der Waals surface area contributed by atoms with Crippen LogP contribution in [0.25, 0.3) is 0 Å². The van der Waals surface area contributed by atoms with Crippen LogP contribution in [-0.4, -0.2) is 14.9 Å². The van der Waals surface area contributed by atoms with Gasteiger partial charge in [0.15, 0.2) is 0 Å². The predicted octanol–water partition coefficient (Wildman–Crippen LogP) is 2.46. The number of aryl methyl sites for hydroxylation is 2. The number of oxazole rings is 1. The van der Waals surface area contributed by atoms with Gasteiger partial charge in [-0.2, -0.15) is 0 Å². The van der Waals surface area contributed by atoms with Gasteiger partial charge in [0, 0.05) is 12.5 Å². The van der Waals surface area contributed by atoms with Crippen LogP contribution in [0.1, 0.15) is 24.1 Å². The fourth-order valence-corrected chi connectivity index (χ4v) is 1.60. The molecule has 0 saturated carbocycles. The molecule has 0 amide bonds. The van der Waals surface area contributed by atoms with Crippen LogP contribution in [0.2, 0.25) is 0 Å². The third-order valence-electron chi connectivity index (χ3n) is 2.63. The van der Waals surface area contributed by atoms with Gasteiger partial charge < -0.3 is 9.73 Å². The van der Waals surface area contributed by atoms with Crippen molar-refractivity contribution in [2.75, 3.05) is 5.32 Å². The van der Waals surface area contributed by atoms with Crippen molar-refractivity contribution < 1.29 is 9.34 Å². The van der Waals surface area contributed by atoms with E-state index in [0.29, 0.717) is 23.8 Å². The maximum Gasteiger partial charge on any atom is 0.287 e. The zero-order chi connectivity index (χ0) is 13.8. The van der Waals surface area contributed by atoms with Crippen LogP contribution in [0.15, 0.2) is 22.9 Å². The molecule has 0 atom stereocenters. The first-order valence-corrected chi connectivity index (χ1v) is 5.88. The molecule has 7 nitrogen and oxygen atoms in total. The molecule has 0 bridgehead atoms. The molecule has 0 fully saturated rings. The molecular weight excluding hydrogens is 248 g/mol. The van der Waals surface area contributed by atoms with E-state index in [2.05, 4.69) is 15.3 Å². The maximum atomic E-state index is 10.6. The van der Waals surface area contributed by atoms with Gasteiger partial charge in [0.25, 0.3) is 5.69 Å². The average Bonchev–Trinajstić information content (AvgIpc) is 2.85. The summed E-state index contributed by atoms with van der Waals surface area (Å²) >= 11 is 0. The van der Waals surface area contributed by atoms with E-state index in [0.717, 1.165) is 12.2 Å². The van der Waals surface area contributed by atoms with Gasteiger partial charge in [-0.15, -0.1) is 0 Å². The van der Waals surface area contributed by atoms with Gasteiger partial charge in [0.2, 0.25) is 5.89 Å². The Labute approximate surface area is 109 Å². The summed E-state index contributed by atoms with van der Waals surface area (Å²) in [6.45, 7) is 4.14. The van der Waals surface area contributed by atoms with E-state index in [4.69, 9.17) is 4.42 Å². The normalized spacial score (nSPS) is 10.4. The first-order valence-electron chi connectivity index (χ1n) is 5.88. The molecule has 2 aromatic heterocycles. The maximum absolute atomic E-state index is 10.6. The second-order valence-electron chi connectivity index (χ2n) is 4.04. The number of hydrogen-bond donors (Lipinski definition) is 1. The second kappa shape index (κ2) is 5.47. The molecule has 0 spiro atoms. The average molecular weight is 262 g/mol. The Hall–Kier alpha value is -2.44. The Morgan fingerprint density at radius 1 is 1.42 bits per heavy atom. The predicted molar refractivity (Wildman–Crippen MR) is 68.8 cm³/mol. The number of rotatable bonds is 5. The highest BCUT2D eigenvalue weighted by Crippen LogP contribution is 2.18. The van der Waals surface area contributed by atoms with Gasteiger partial charge in [-0.05, 0) is 12.5 Å². The SMILES string of the molecule is CCc1cnc(CNc2ncc([N+](=O)[O-])cc2C)o1. The molecule has 19 heavy (non-hydrogen) atoms. The van der Waals surface area contributed by atoms with Crippen molar-refractivity contribution in [1.29, 1.82) is 0 Å². The summed E-state index contributed by atoms with van der Waals surface area (Å²) in [7, 11) is 0. The number of nitro groups is 1. The highest BCUT2D eigenvalue weighted by molar-refractivity contribution is 5.48. The van der Waals surface area contributed by atoms with E-state index >= 15 is 0 Å². The molecule has 0 radical (unpaired) electrons. The minimum absolute atomic E-state index is 0.0209. The number of nitrogens with one attached hydrogen (secondary N) is 1. The molecule has 0 aliphatic carbocycles. The second-order valence-corrected chi connectivity index (χ2v) is 4.04. The van der Waals surface area contributed by atoms with Gasteiger partial charge in [0.05, 0.1) is 17.7 Å². The molecule has 0 unspecified atom stereocenters. The fraction of sp³-hybridized carbons (Fsp3) is 0.333. The van der Waals surface area contributed by atoms with Crippen LogP contribution in [0.4, 0.5) is 11.5 Å². The summed E-state index contributed by atoms with van der Waals surface area (Å²) in [4.78, 5) is 18.3. The summed E-state index contributed by atoms with van der Waals surface area (Å²) in [5.74, 6) is 1.98. The van der Waals surface area contributed by atoms with Crippen molar-refractivity contribution in [2.24, 2.45) is 0 Å². The molecule has 0 aromatic carbocycles. The summed E-state index contributed by atoms with van der Waals surface area (Å²) in [5, 5.41) is 13.6. The van der Waals surface area contributed by atoms with Gasteiger partial charge in [0.1, 0.15) is 17.8 Å². The van der Waals surface area contributed by atoms with Gasteiger partial charge in [-0.3, -0.25) is 10.1 Å². The van der Waals surface area contributed by atoms with Crippen molar-refractivity contribution in [3.05, 3.63) is 45.8 Å². The van der Waals surface area contributed by atoms with Crippen LogP contribution in [0.5, 0.6) is 0 Å². The summed E-state index contributed by atoms with van der Waals surface area (Å²) in [5.41, 5.74) is 0.684. The lowest BCUT2D eigenvalue weighted by Gasteiger charge is -2.05. The molecule has 0 aliphatic rings. The first-order chi connectivity index (χ1) is 9.10. The highest BCUT2D eigenvalue weighted by Gasteiger charge is 2.10. The van der Waals surface area contributed by atoms with Crippen LogP contribution >= 0.6 is 0 Å². The number of anilines is 1. The highest BCUT2D eigenvalue weighted by atomic mass is 16.6. The smallest absolute Gasteiger partial charge is 0.287 e. The molecule has 100 valence electrons. The van der Waals surface area contributed by atoms with Crippen molar-refractivity contribution in [3.63, 3.8) is 0 Å². The van der Waals surface area contributed by atoms with Crippen molar-refractivity contribution in [3.8, 4) is 0 Å². The zero-order valence-corrected chi connectivity index (χ0v) is 10.7.